The Labute approximate surface area is 174 Å². The number of nitrogens with zero attached hydrogens (tertiary/aromatic N) is 3. The number of carbonyl (C=O) groups excluding carboxylic acids is 2. The van der Waals surface area contributed by atoms with Crippen molar-refractivity contribution in [2.24, 2.45) is 5.16 Å². The van der Waals surface area contributed by atoms with Gasteiger partial charge in [0.15, 0.2) is 22.3 Å². The van der Waals surface area contributed by atoms with Gasteiger partial charge < -0.3 is 30.5 Å². The molecule has 13 heteroatoms. The number of carbonyl (C=O) groups is 3. The normalized spacial score (nSPS) is 26.0. The highest BCUT2D eigenvalue weighted by Crippen LogP contribution is 2.36. The van der Waals surface area contributed by atoms with Gasteiger partial charge in [0.2, 0.25) is 0 Å². The molecule has 30 heavy (non-hydrogen) atoms. The summed E-state index contributed by atoms with van der Waals surface area (Å²) in [5.74, 6) is -2.40. The summed E-state index contributed by atoms with van der Waals surface area (Å²) in [5.41, 5.74) is 5.41. The summed E-state index contributed by atoms with van der Waals surface area (Å²) >= 11 is 1.12. The smallest absolute Gasteiger partial charge is 0.356 e. The molecule has 1 aromatic heterocycles. The first-order chi connectivity index (χ1) is 14.4. The minimum atomic E-state index is -1.29. The maximum Gasteiger partial charge on any atom is 0.356 e. The van der Waals surface area contributed by atoms with E-state index in [0.29, 0.717) is 13.0 Å². The molecule has 0 aromatic carbocycles. The van der Waals surface area contributed by atoms with Gasteiger partial charge in [-0.2, -0.15) is 0 Å². The number of β-lactam (4-membered cyclic amide) rings is 1. The van der Waals surface area contributed by atoms with Crippen LogP contribution in [0.25, 0.3) is 0 Å². The van der Waals surface area contributed by atoms with E-state index in [9.17, 15) is 19.5 Å². The van der Waals surface area contributed by atoms with Crippen LogP contribution in [0.4, 0.5) is 5.13 Å². The van der Waals surface area contributed by atoms with Crippen molar-refractivity contribution < 1.29 is 33.8 Å². The Kier molecular flexibility index (Phi) is 5.30. The number of carboxylic acid groups (broad SMARTS) is 1. The van der Waals surface area contributed by atoms with Crippen LogP contribution in [0.1, 0.15) is 18.5 Å². The molecule has 3 aliphatic heterocycles. The van der Waals surface area contributed by atoms with Crippen molar-refractivity contribution >= 4 is 40.0 Å². The van der Waals surface area contributed by atoms with Gasteiger partial charge in [0.25, 0.3) is 11.8 Å². The van der Waals surface area contributed by atoms with Crippen LogP contribution < -0.4 is 11.1 Å². The van der Waals surface area contributed by atoms with Crippen molar-refractivity contribution in [1.29, 1.82) is 0 Å². The fourth-order valence-corrected chi connectivity index (χ4v) is 4.20. The van der Waals surface area contributed by atoms with Crippen LogP contribution in [0.15, 0.2) is 22.0 Å². The van der Waals surface area contributed by atoms with Crippen molar-refractivity contribution in [3.05, 3.63) is 22.5 Å². The summed E-state index contributed by atoms with van der Waals surface area (Å²) in [5, 5.41) is 17.7. The summed E-state index contributed by atoms with van der Waals surface area (Å²) in [6, 6.07) is -1.64. The zero-order valence-corrected chi connectivity index (χ0v) is 16.7. The average Bonchev–Trinajstić information content (AvgIpc) is 3.40. The van der Waals surface area contributed by atoms with E-state index in [1.807, 2.05) is 0 Å². The molecule has 1 aromatic rings. The van der Waals surface area contributed by atoms with Gasteiger partial charge in [0.05, 0.1) is 0 Å². The zero-order valence-electron chi connectivity index (χ0n) is 15.9. The largest absolute Gasteiger partial charge is 0.490 e. The summed E-state index contributed by atoms with van der Waals surface area (Å²) < 4.78 is 11.2. The van der Waals surface area contributed by atoms with E-state index in [4.69, 9.17) is 20.0 Å². The molecule has 4 heterocycles. The SMILES string of the molecule is CO/N=C(\C(=O)N[C@@H]1C(=O)N2C(C(=O)O)=C(C3CCCO3)OC[C@H]12)c1csc(N)n1. The predicted molar refractivity (Wildman–Crippen MR) is 102 cm³/mol. The lowest BCUT2D eigenvalue weighted by molar-refractivity contribution is -0.161. The first-order valence-corrected chi connectivity index (χ1v) is 9.98. The third-order valence-electron chi connectivity index (χ3n) is 4.98. The van der Waals surface area contributed by atoms with Crippen LogP contribution in [0.5, 0.6) is 0 Å². The van der Waals surface area contributed by atoms with Crippen LogP contribution in [0.2, 0.25) is 0 Å². The number of oxime groups is 1. The van der Waals surface area contributed by atoms with Crippen molar-refractivity contribution in [3.8, 4) is 0 Å². The van der Waals surface area contributed by atoms with Crippen molar-refractivity contribution in [1.82, 2.24) is 15.2 Å². The number of anilines is 1. The summed E-state index contributed by atoms with van der Waals surface area (Å²) in [7, 11) is 1.27. The number of thiazole rings is 1. The summed E-state index contributed by atoms with van der Waals surface area (Å²) in [4.78, 5) is 47.1. The summed E-state index contributed by atoms with van der Waals surface area (Å²) in [6.07, 6.45) is 0.907. The molecule has 4 rings (SSSR count). The maximum absolute atomic E-state index is 12.7. The van der Waals surface area contributed by atoms with E-state index >= 15 is 0 Å². The van der Waals surface area contributed by atoms with E-state index in [1.54, 1.807) is 0 Å². The van der Waals surface area contributed by atoms with Gasteiger partial charge in [-0.1, -0.05) is 5.16 Å². The van der Waals surface area contributed by atoms with Crippen LogP contribution in [-0.4, -0.2) is 77.0 Å². The molecule has 2 saturated heterocycles. The number of ether oxygens (including phenoxy) is 2. The van der Waals surface area contributed by atoms with Crippen molar-refractivity contribution in [2.75, 3.05) is 26.1 Å². The van der Waals surface area contributed by atoms with Gasteiger partial charge in [0.1, 0.15) is 37.6 Å². The van der Waals surface area contributed by atoms with E-state index in [1.165, 1.54) is 12.5 Å². The number of nitrogens with one attached hydrogen (secondary N) is 1. The van der Waals surface area contributed by atoms with Crippen LogP contribution >= 0.6 is 11.3 Å². The molecule has 0 aliphatic carbocycles. The maximum atomic E-state index is 12.7. The molecule has 0 bridgehead atoms. The van der Waals surface area contributed by atoms with Gasteiger partial charge in [-0.3, -0.25) is 14.5 Å². The lowest BCUT2D eigenvalue weighted by Gasteiger charge is -2.49. The number of aliphatic carboxylic acids is 1. The van der Waals surface area contributed by atoms with Gasteiger partial charge in [-0.25, -0.2) is 9.78 Å². The predicted octanol–water partition coefficient (Wildman–Crippen LogP) is -0.723. The number of nitrogens with two attached hydrogens (primary N) is 1. The highest BCUT2D eigenvalue weighted by atomic mass is 32.1. The number of aromatic nitrogens is 1. The van der Waals surface area contributed by atoms with E-state index in [2.05, 4.69) is 15.5 Å². The lowest BCUT2D eigenvalue weighted by Crippen LogP contribution is -2.74. The van der Waals surface area contributed by atoms with Crippen LogP contribution in [0, 0.1) is 0 Å². The Hall–Kier alpha value is -3.19. The quantitative estimate of drug-likeness (QED) is 0.296. The molecule has 2 amide bonds. The number of carboxylic acids is 1. The second-order valence-electron chi connectivity index (χ2n) is 6.75. The molecule has 4 N–H and O–H groups in total. The number of amides is 2. The first-order valence-electron chi connectivity index (χ1n) is 9.10. The molecule has 0 spiro atoms. The van der Waals surface area contributed by atoms with Crippen LogP contribution in [-0.2, 0) is 28.7 Å². The molecule has 3 atom stereocenters. The molecule has 3 aliphatic rings. The molecular weight excluding hydrogens is 418 g/mol. The highest BCUT2D eigenvalue weighted by Gasteiger charge is 2.56. The summed E-state index contributed by atoms with van der Waals surface area (Å²) in [6.45, 7) is 0.534. The second kappa shape index (κ2) is 7.91. The van der Waals surface area contributed by atoms with E-state index < -0.39 is 36.0 Å². The molecule has 0 radical (unpaired) electrons. The molecule has 1 unspecified atom stereocenters. The lowest BCUT2D eigenvalue weighted by atomic mass is 9.91. The van der Waals surface area contributed by atoms with Gasteiger partial charge >= 0.3 is 5.97 Å². The number of fused-ring (bicyclic) bond motifs is 1. The molecular formula is C17H19N5O7S. The minimum absolute atomic E-state index is 0.0308. The monoisotopic (exact) mass is 437 g/mol. The van der Waals surface area contributed by atoms with E-state index in [0.717, 1.165) is 22.7 Å². The van der Waals surface area contributed by atoms with Gasteiger partial charge in [0, 0.05) is 12.0 Å². The van der Waals surface area contributed by atoms with Crippen LogP contribution in [0.3, 0.4) is 0 Å². The highest BCUT2D eigenvalue weighted by molar-refractivity contribution is 7.13. The Morgan fingerprint density at radius 3 is 2.90 bits per heavy atom. The molecule has 12 nitrogen and oxygen atoms in total. The first kappa shape index (κ1) is 20.1. The van der Waals surface area contributed by atoms with E-state index in [-0.39, 0.29) is 34.6 Å². The van der Waals surface area contributed by atoms with Gasteiger partial charge in [-0.15, -0.1) is 11.3 Å². The number of hydrogen-bond donors (Lipinski definition) is 3. The molecule has 2 fully saturated rings. The minimum Gasteiger partial charge on any atom is -0.490 e. The fourth-order valence-electron chi connectivity index (χ4n) is 3.65. The second-order valence-corrected chi connectivity index (χ2v) is 7.64. The molecule has 160 valence electrons. The Bertz CT molecular complexity index is 952. The van der Waals surface area contributed by atoms with Crippen molar-refractivity contribution in [2.45, 2.75) is 31.0 Å². The standard InChI is InChI=1S/C17H19N5O7S/c1-27-21-10(7-6-30-17(18)19-7)14(23)20-11-8-5-29-13(9-3-2-4-28-9)12(16(25)26)22(8)15(11)24/h6,8-9,11H,2-5H2,1H3,(H2,18,19)(H,20,23)(H,25,26)/b21-10-/t8-,9?,11+/m1/s1. The Morgan fingerprint density at radius 2 is 2.30 bits per heavy atom. The average molecular weight is 437 g/mol. The third-order valence-corrected chi connectivity index (χ3v) is 5.65. The topological polar surface area (TPSA) is 166 Å². The fraction of sp³-hybridized carbons (Fsp3) is 0.471. The zero-order chi connectivity index (χ0) is 21.4. The number of nitrogen functional groups attached to an aromatic ring is 1. The molecule has 0 saturated carbocycles. The number of rotatable bonds is 6. The Morgan fingerprint density at radius 1 is 1.50 bits per heavy atom. The van der Waals surface area contributed by atoms with Gasteiger partial charge in [-0.05, 0) is 12.8 Å². The Balaban J connectivity index is 1.53. The van der Waals surface area contributed by atoms with Crippen molar-refractivity contribution in [3.63, 3.8) is 0 Å². The third kappa shape index (κ3) is 3.35. The number of hydrogen-bond acceptors (Lipinski definition) is 10.